The van der Waals surface area contributed by atoms with Gasteiger partial charge in [0, 0.05) is 15.7 Å². The third kappa shape index (κ3) is 5.62. The molecule has 0 bridgehead atoms. The van der Waals surface area contributed by atoms with Crippen LogP contribution in [-0.2, 0) is 0 Å². The Bertz CT molecular complexity index is 719. The van der Waals surface area contributed by atoms with Crippen molar-refractivity contribution in [1.82, 2.24) is 5.32 Å². The lowest BCUT2D eigenvalue weighted by atomic mass is 10.2. The molecule has 2 N–H and O–H groups in total. The number of hydrogen-bond acceptors (Lipinski definition) is 3. The summed E-state index contributed by atoms with van der Waals surface area (Å²) in [5.41, 5.74) is 1.32. The summed E-state index contributed by atoms with van der Waals surface area (Å²) in [5, 5.41) is 5.88. The maximum atomic E-state index is 12.2. The van der Waals surface area contributed by atoms with E-state index in [9.17, 15) is 4.79 Å². The zero-order valence-electron chi connectivity index (χ0n) is 13.5. The number of halogens is 1. The number of anilines is 1. The first-order valence-corrected chi connectivity index (χ1v) is 8.82. The van der Waals surface area contributed by atoms with Gasteiger partial charge in [-0.2, -0.15) is 0 Å². The van der Waals surface area contributed by atoms with Gasteiger partial charge >= 0.3 is 0 Å². The number of ether oxygens (including phenoxy) is 1. The SMILES string of the molecule is CC[C@H](C)Oc1ccc(C(=O)NC(=S)Nc2cccc(Br)c2)cc1. The topological polar surface area (TPSA) is 50.4 Å². The van der Waals surface area contributed by atoms with Gasteiger partial charge in [-0.25, -0.2) is 0 Å². The maximum absolute atomic E-state index is 12.2. The molecule has 0 aromatic heterocycles. The number of thiocarbonyl (C=S) groups is 1. The van der Waals surface area contributed by atoms with Gasteiger partial charge in [-0.15, -0.1) is 0 Å². The van der Waals surface area contributed by atoms with E-state index in [1.165, 1.54) is 0 Å². The van der Waals surface area contributed by atoms with E-state index >= 15 is 0 Å². The lowest BCUT2D eigenvalue weighted by Gasteiger charge is -2.13. The molecular formula is C18H19BrN2O2S. The standard InChI is InChI=1S/C18H19BrN2O2S/c1-3-12(2)23-16-9-7-13(8-10-16)17(22)21-18(24)20-15-6-4-5-14(19)11-15/h4-12H,3H2,1-2H3,(H2,20,21,22,24)/t12-/m0/s1. The fourth-order valence-electron chi connectivity index (χ4n) is 1.90. The molecular weight excluding hydrogens is 388 g/mol. The third-order valence-electron chi connectivity index (χ3n) is 3.34. The number of nitrogens with one attached hydrogen (secondary N) is 2. The van der Waals surface area contributed by atoms with Gasteiger partial charge in [0.2, 0.25) is 0 Å². The van der Waals surface area contributed by atoms with Crippen molar-refractivity contribution in [3.63, 3.8) is 0 Å². The maximum Gasteiger partial charge on any atom is 0.257 e. The molecule has 0 aliphatic rings. The van der Waals surface area contributed by atoms with E-state index in [1.54, 1.807) is 24.3 Å². The summed E-state index contributed by atoms with van der Waals surface area (Å²) in [6.07, 6.45) is 1.07. The lowest BCUT2D eigenvalue weighted by molar-refractivity contribution is 0.0977. The van der Waals surface area contributed by atoms with E-state index in [0.29, 0.717) is 5.56 Å². The van der Waals surface area contributed by atoms with E-state index in [-0.39, 0.29) is 17.1 Å². The Morgan fingerprint density at radius 1 is 1.25 bits per heavy atom. The molecule has 0 spiro atoms. The molecule has 0 aliphatic carbocycles. The van der Waals surface area contributed by atoms with Crippen LogP contribution in [0.2, 0.25) is 0 Å². The van der Waals surface area contributed by atoms with Gasteiger partial charge in [-0.1, -0.05) is 28.9 Å². The zero-order chi connectivity index (χ0) is 17.5. The Labute approximate surface area is 155 Å². The van der Waals surface area contributed by atoms with Crippen LogP contribution >= 0.6 is 28.1 Å². The van der Waals surface area contributed by atoms with Crippen LogP contribution in [0.3, 0.4) is 0 Å². The Kier molecular flexibility index (Phi) is 6.75. The van der Waals surface area contributed by atoms with Gasteiger partial charge < -0.3 is 10.1 Å². The molecule has 0 saturated carbocycles. The average molecular weight is 407 g/mol. The first-order valence-electron chi connectivity index (χ1n) is 7.62. The van der Waals surface area contributed by atoms with Gasteiger partial charge in [0.25, 0.3) is 5.91 Å². The minimum absolute atomic E-state index is 0.145. The van der Waals surface area contributed by atoms with E-state index in [2.05, 4.69) is 33.5 Å². The molecule has 0 radical (unpaired) electrons. The van der Waals surface area contributed by atoms with Crippen LogP contribution in [0.1, 0.15) is 30.6 Å². The third-order valence-corrected chi connectivity index (χ3v) is 4.04. The molecule has 1 amide bonds. The number of rotatable bonds is 5. The van der Waals surface area contributed by atoms with Crippen LogP contribution in [0, 0.1) is 0 Å². The number of carbonyl (C=O) groups is 1. The van der Waals surface area contributed by atoms with E-state index < -0.39 is 0 Å². The molecule has 2 rings (SSSR count). The summed E-state index contributed by atoms with van der Waals surface area (Å²) < 4.78 is 6.62. The second kappa shape index (κ2) is 8.80. The first-order chi connectivity index (χ1) is 11.5. The van der Waals surface area contributed by atoms with Crippen LogP contribution in [0.5, 0.6) is 5.75 Å². The van der Waals surface area contributed by atoms with Crippen LogP contribution in [0.4, 0.5) is 5.69 Å². The molecule has 0 unspecified atom stereocenters. The minimum Gasteiger partial charge on any atom is -0.491 e. The molecule has 2 aromatic rings. The summed E-state index contributed by atoms with van der Waals surface area (Å²) in [6.45, 7) is 4.07. The van der Waals surface area contributed by atoms with Gasteiger partial charge in [0.1, 0.15) is 5.75 Å². The van der Waals surface area contributed by atoms with Crippen molar-refractivity contribution in [3.8, 4) is 5.75 Å². The van der Waals surface area contributed by atoms with E-state index in [4.69, 9.17) is 17.0 Å². The summed E-state index contributed by atoms with van der Waals surface area (Å²) >= 11 is 8.56. The van der Waals surface area contributed by atoms with Crippen LogP contribution < -0.4 is 15.4 Å². The molecule has 0 saturated heterocycles. The Morgan fingerprint density at radius 2 is 1.96 bits per heavy atom. The minimum atomic E-state index is -0.266. The van der Waals surface area contributed by atoms with Crippen molar-refractivity contribution in [2.75, 3.05) is 5.32 Å². The predicted octanol–water partition coefficient (Wildman–Crippen LogP) is 4.75. The number of amides is 1. The molecule has 0 fully saturated rings. The smallest absolute Gasteiger partial charge is 0.257 e. The van der Waals surface area contributed by atoms with Crippen molar-refractivity contribution in [2.24, 2.45) is 0 Å². The summed E-state index contributed by atoms with van der Waals surface area (Å²) in [7, 11) is 0. The van der Waals surface area contributed by atoms with Crippen molar-refractivity contribution in [3.05, 3.63) is 58.6 Å². The van der Waals surface area contributed by atoms with E-state index in [1.807, 2.05) is 31.2 Å². The molecule has 24 heavy (non-hydrogen) atoms. The molecule has 4 nitrogen and oxygen atoms in total. The van der Waals surface area contributed by atoms with Crippen LogP contribution in [0.15, 0.2) is 53.0 Å². The zero-order valence-corrected chi connectivity index (χ0v) is 15.9. The highest BCUT2D eigenvalue weighted by Crippen LogP contribution is 2.16. The first kappa shape index (κ1) is 18.4. The molecule has 126 valence electrons. The largest absolute Gasteiger partial charge is 0.491 e. The summed E-state index contributed by atoms with van der Waals surface area (Å²) in [6, 6.07) is 14.5. The second-order valence-corrected chi connectivity index (χ2v) is 6.60. The molecule has 6 heteroatoms. The Hall–Kier alpha value is -1.92. The van der Waals surface area contributed by atoms with Crippen LogP contribution in [-0.4, -0.2) is 17.1 Å². The fraction of sp³-hybridized carbons (Fsp3) is 0.222. The molecule has 1 atom stereocenters. The quantitative estimate of drug-likeness (QED) is 0.703. The van der Waals surface area contributed by atoms with Gasteiger partial charge in [-0.3, -0.25) is 10.1 Å². The van der Waals surface area contributed by atoms with Crippen molar-refractivity contribution in [1.29, 1.82) is 0 Å². The van der Waals surface area contributed by atoms with Crippen molar-refractivity contribution >= 4 is 44.9 Å². The Morgan fingerprint density at radius 3 is 2.58 bits per heavy atom. The normalized spacial score (nSPS) is 11.5. The number of hydrogen-bond donors (Lipinski definition) is 2. The number of carbonyl (C=O) groups excluding carboxylic acids is 1. The fourth-order valence-corrected chi connectivity index (χ4v) is 2.51. The number of benzene rings is 2. The van der Waals surface area contributed by atoms with Crippen molar-refractivity contribution < 1.29 is 9.53 Å². The molecule has 2 aromatic carbocycles. The average Bonchev–Trinajstić information content (AvgIpc) is 2.55. The monoisotopic (exact) mass is 406 g/mol. The highest BCUT2D eigenvalue weighted by Gasteiger charge is 2.09. The molecule has 0 heterocycles. The predicted molar refractivity (Wildman–Crippen MR) is 105 cm³/mol. The highest BCUT2D eigenvalue weighted by atomic mass is 79.9. The molecule has 0 aliphatic heterocycles. The van der Waals surface area contributed by atoms with Crippen LogP contribution in [0.25, 0.3) is 0 Å². The van der Waals surface area contributed by atoms with Gasteiger partial charge in [0.05, 0.1) is 6.10 Å². The summed E-state index contributed by atoms with van der Waals surface area (Å²) in [4.78, 5) is 12.2. The highest BCUT2D eigenvalue weighted by molar-refractivity contribution is 9.10. The van der Waals surface area contributed by atoms with Gasteiger partial charge in [0.15, 0.2) is 5.11 Å². The van der Waals surface area contributed by atoms with E-state index in [0.717, 1.165) is 22.3 Å². The van der Waals surface area contributed by atoms with Gasteiger partial charge in [-0.05, 0) is 68.0 Å². The lowest BCUT2D eigenvalue weighted by Crippen LogP contribution is -2.34. The summed E-state index contributed by atoms with van der Waals surface area (Å²) in [5.74, 6) is 0.480. The second-order valence-electron chi connectivity index (χ2n) is 5.28. The Balaban J connectivity index is 1.93. The van der Waals surface area contributed by atoms with Crippen molar-refractivity contribution in [2.45, 2.75) is 26.4 Å².